The zero-order valence-corrected chi connectivity index (χ0v) is 4.82. The van der Waals surface area contributed by atoms with Crippen molar-refractivity contribution in [2.45, 2.75) is 6.92 Å². The average Bonchev–Trinajstić information content (AvgIpc) is 1.68. The molecule has 0 radical (unpaired) electrons. The van der Waals surface area contributed by atoms with Gasteiger partial charge in [-0.15, -0.1) is 0 Å². The first kappa shape index (κ1) is 6.99. The van der Waals surface area contributed by atoms with Crippen LogP contribution in [0.2, 0.25) is 0 Å². The van der Waals surface area contributed by atoms with Gasteiger partial charge >= 0.3 is 5.91 Å². The molecule has 0 unspecified atom stereocenters. The van der Waals surface area contributed by atoms with Crippen LogP contribution < -0.4 is 5.48 Å². The standard InChI is InChI=1S/C5H7NO2/c1-3-4-5(7)6-8-2/h1-2H3,(H,6,7). The molecule has 0 aliphatic rings. The normalized spacial score (nSPS) is 6.75. The first-order valence-corrected chi connectivity index (χ1v) is 2.07. The van der Waals surface area contributed by atoms with Crippen molar-refractivity contribution >= 4 is 5.91 Å². The number of carbonyl (C=O) groups excluding carboxylic acids is 1. The molecular formula is C5H7NO2. The van der Waals surface area contributed by atoms with Crippen LogP contribution >= 0.6 is 0 Å². The van der Waals surface area contributed by atoms with Crippen LogP contribution in [0.5, 0.6) is 0 Å². The van der Waals surface area contributed by atoms with Gasteiger partial charge in [-0.1, -0.05) is 5.92 Å². The predicted octanol–water partition coefficient (Wildman–Crippen LogP) is -0.313. The number of hydrogen-bond donors (Lipinski definition) is 1. The van der Waals surface area contributed by atoms with Gasteiger partial charge in [-0.2, -0.15) is 0 Å². The fraction of sp³-hybridized carbons (Fsp3) is 0.400. The molecule has 0 aromatic heterocycles. The van der Waals surface area contributed by atoms with Crippen LogP contribution in [0.1, 0.15) is 6.92 Å². The molecule has 0 aliphatic carbocycles. The summed E-state index contributed by atoms with van der Waals surface area (Å²) in [5, 5.41) is 0. The van der Waals surface area contributed by atoms with E-state index in [9.17, 15) is 4.79 Å². The Kier molecular flexibility index (Phi) is 3.63. The monoisotopic (exact) mass is 113 g/mol. The Bertz CT molecular complexity index is 131. The third-order valence-electron chi connectivity index (χ3n) is 0.433. The first-order chi connectivity index (χ1) is 3.81. The zero-order chi connectivity index (χ0) is 6.41. The lowest BCUT2D eigenvalue weighted by Crippen LogP contribution is -2.19. The van der Waals surface area contributed by atoms with Crippen molar-refractivity contribution in [2.75, 3.05) is 7.11 Å². The van der Waals surface area contributed by atoms with Crippen molar-refractivity contribution in [3.8, 4) is 11.8 Å². The lowest BCUT2D eigenvalue weighted by Gasteiger charge is -1.90. The van der Waals surface area contributed by atoms with Crippen molar-refractivity contribution in [3.05, 3.63) is 0 Å². The number of amides is 1. The van der Waals surface area contributed by atoms with Gasteiger partial charge in [-0.05, 0) is 12.8 Å². The molecule has 0 rings (SSSR count). The van der Waals surface area contributed by atoms with E-state index in [1.54, 1.807) is 6.92 Å². The lowest BCUT2D eigenvalue weighted by atomic mass is 10.6. The third kappa shape index (κ3) is 3.19. The summed E-state index contributed by atoms with van der Waals surface area (Å²) in [6.45, 7) is 1.58. The average molecular weight is 113 g/mol. The van der Waals surface area contributed by atoms with E-state index in [1.807, 2.05) is 5.48 Å². The van der Waals surface area contributed by atoms with Gasteiger partial charge in [0.05, 0.1) is 7.11 Å². The van der Waals surface area contributed by atoms with E-state index in [-0.39, 0.29) is 0 Å². The smallest absolute Gasteiger partial charge is 0.276 e. The largest absolute Gasteiger partial charge is 0.319 e. The van der Waals surface area contributed by atoms with Gasteiger partial charge < -0.3 is 0 Å². The summed E-state index contributed by atoms with van der Waals surface area (Å²) >= 11 is 0. The highest BCUT2D eigenvalue weighted by atomic mass is 16.6. The highest BCUT2D eigenvalue weighted by molar-refractivity contribution is 5.92. The second kappa shape index (κ2) is 4.16. The minimum absolute atomic E-state index is 0.421. The zero-order valence-electron chi connectivity index (χ0n) is 4.82. The molecule has 0 saturated heterocycles. The Morgan fingerprint density at radius 2 is 2.38 bits per heavy atom. The van der Waals surface area contributed by atoms with Gasteiger partial charge in [0.25, 0.3) is 0 Å². The maximum absolute atomic E-state index is 10.2. The molecule has 1 amide bonds. The molecule has 3 heteroatoms. The van der Waals surface area contributed by atoms with E-state index in [4.69, 9.17) is 0 Å². The molecular weight excluding hydrogens is 106 g/mol. The molecule has 0 fully saturated rings. The summed E-state index contributed by atoms with van der Waals surface area (Å²) in [7, 11) is 1.36. The second-order valence-electron chi connectivity index (χ2n) is 1.01. The molecule has 3 nitrogen and oxygen atoms in total. The molecule has 0 bridgehead atoms. The number of rotatable bonds is 1. The number of nitrogens with one attached hydrogen (secondary N) is 1. The first-order valence-electron chi connectivity index (χ1n) is 2.07. The Hall–Kier alpha value is -1.01. The van der Waals surface area contributed by atoms with Gasteiger partial charge in [0.1, 0.15) is 0 Å². The van der Waals surface area contributed by atoms with Crippen molar-refractivity contribution in [2.24, 2.45) is 0 Å². The highest BCUT2D eigenvalue weighted by Gasteiger charge is 1.86. The summed E-state index contributed by atoms with van der Waals surface area (Å²) < 4.78 is 0. The van der Waals surface area contributed by atoms with Gasteiger partial charge in [-0.25, -0.2) is 5.48 Å². The molecule has 0 aromatic carbocycles. The van der Waals surface area contributed by atoms with Crippen LogP contribution in [0.3, 0.4) is 0 Å². The topological polar surface area (TPSA) is 38.3 Å². The molecule has 0 atom stereocenters. The molecule has 0 spiro atoms. The Balaban J connectivity index is 3.44. The van der Waals surface area contributed by atoms with Crippen LogP contribution in [0.25, 0.3) is 0 Å². The van der Waals surface area contributed by atoms with Crippen LogP contribution in [-0.4, -0.2) is 13.0 Å². The van der Waals surface area contributed by atoms with E-state index >= 15 is 0 Å². The van der Waals surface area contributed by atoms with E-state index in [2.05, 4.69) is 16.7 Å². The molecule has 0 heterocycles. The molecule has 0 aliphatic heterocycles. The van der Waals surface area contributed by atoms with Gasteiger partial charge in [-0.3, -0.25) is 9.63 Å². The highest BCUT2D eigenvalue weighted by Crippen LogP contribution is 1.58. The fourth-order valence-electron chi connectivity index (χ4n) is 0.232. The minimum Gasteiger partial charge on any atom is -0.276 e. The minimum atomic E-state index is -0.421. The fourth-order valence-corrected chi connectivity index (χ4v) is 0.232. The lowest BCUT2D eigenvalue weighted by molar-refractivity contribution is -0.125. The molecule has 0 aromatic rings. The SMILES string of the molecule is CC#CC(=O)NOC. The van der Waals surface area contributed by atoms with Crippen molar-refractivity contribution in [1.29, 1.82) is 0 Å². The van der Waals surface area contributed by atoms with Crippen LogP contribution in [0, 0.1) is 11.8 Å². The molecule has 1 N–H and O–H groups in total. The van der Waals surface area contributed by atoms with E-state index in [0.717, 1.165) is 0 Å². The quantitative estimate of drug-likeness (QED) is 0.374. The Labute approximate surface area is 48.0 Å². The summed E-state index contributed by atoms with van der Waals surface area (Å²) in [6, 6.07) is 0. The second-order valence-corrected chi connectivity index (χ2v) is 1.01. The molecule has 8 heavy (non-hydrogen) atoms. The number of hydroxylamine groups is 1. The van der Waals surface area contributed by atoms with Gasteiger partial charge in [0, 0.05) is 0 Å². The maximum Gasteiger partial charge on any atom is 0.319 e. The van der Waals surface area contributed by atoms with Crippen LogP contribution in [0.15, 0.2) is 0 Å². The molecule has 0 saturated carbocycles. The van der Waals surface area contributed by atoms with Crippen molar-refractivity contribution in [3.63, 3.8) is 0 Å². The maximum atomic E-state index is 10.2. The van der Waals surface area contributed by atoms with Gasteiger partial charge in [0.15, 0.2) is 0 Å². The van der Waals surface area contributed by atoms with Crippen molar-refractivity contribution < 1.29 is 9.63 Å². The summed E-state index contributed by atoms with van der Waals surface area (Å²) in [4.78, 5) is 14.5. The van der Waals surface area contributed by atoms with Crippen molar-refractivity contribution in [1.82, 2.24) is 5.48 Å². The summed E-state index contributed by atoms with van der Waals surface area (Å²) in [6.07, 6.45) is 0. The number of hydrogen-bond acceptors (Lipinski definition) is 2. The van der Waals surface area contributed by atoms with Crippen LogP contribution in [0.4, 0.5) is 0 Å². The number of carbonyl (C=O) groups is 1. The van der Waals surface area contributed by atoms with E-state index in [1.165, 1.54) is 7.11 Å². The van der Waals surface area contributed by atoms with E-state index < -0.39 is 5.91 Å². The molecule has 44 valence electrons. The summed E-state index contributed by atoms with van der Waals surface area (Å²) in [5.74, 6) is 4.21. The summed E-state index contributed by atoms with van der Waals surface area (Å²) in [5.41, 5.74) is 2.03. The van der Waals surface area contributed by atoms with E-state index in [0.29, 0.717) is 0 Å². The van der Waals surface area contributed by atoms with Crippen LogP contribution in [-0.2, 0) is 9.63 Å². The Morgan fingerprint density at radius 1 is 1.75 bits per heavy atom. The Morgan fingerprint density at radius 3 is 2.75 bits per heavy atom. The third-order valence-corrected chi connectivity index (χ3v) is 0.433. The van der Waals surface area contributed by atoms with Gasteiger partial charge in [0.2, 0.25) is 0 Å². The predicted molar refractivity (Wildman–Crippen MR) is 28.6 cm³/mol.